The number of thiophene rings is 1. The standard InChI is InChI=1S/C14H14N2O2S3/c1-10-6-7-14(19-10)21(17,18)15-9-8-13-16-11-4-2-3-5-12(11)20-13/h2-7,15H,8-9H2,1H3. The van der Waals surface area contributed by atoms with E-state index in [1.807, 2.05) is 37.3 Å². The second-order valence-corrected chi connectivity index (χ2v) is 8.99. The van der Waals surface area contributed by atoms with Gasteiger partial charge in [0.25, 0.3) is 0 Å². The molecule has 0 saturated heterocycles. The van der Waals surface area contributed by atoms with Crippen molar-refractivity contribution in [3.05, 3.63) is 46.3 Å². The van der Waals surface area contributed by atoms with Crippen molar-refractivity contribution in [2.45, 2.75) is 17.6 Å². The lowest BCUT2D eigenvalue weighted by Crippen LogP contribution is -2.25. The van der Waals surface area contributed by atoms with Gasteiger partial charge >= 0.3 is 0 Å². The number of hydrogen-bond acceptors (Lipinski definition) is 5. The normalized spacial score (nSPS) is 12.0. The molecule has 3 rings (SSSR count). The third-order valence-corrected chi connectivity index (χ3v) is 7.00. The molecule has 21 heavy (non-hydrogen) atoms. The van der Waals surface area contributed by atoms with E-state index >= 15 is 0 Å². The maximum absolute atomic E-state index is 12.1. The maximum atomic E-state index is 12.1. The fourth-order valence-corrected chi connectivity index (χ4v) is 5.27. The van der Waals surface area contributed by atoms with Crippen LogP contribution < -0.4 is 4.72 Å². The molecule has 0 radical (unpaired) electrons. The molecule has 0 saturated carbocycles. The molecule has 4 nitrogen and oxygen atoms in total. The van der Waals surface area contributed by atoms with E-state index in [9.17, 15) is 8.42 Å². The summed E-state index contributed by atoms with van der Waals surface area (Å²) in [5.74, 6) is 0. The van der Waals surface area contributed by atoms with Gasteiger partial charge < -0.3 is 0 Å². The number of fused-ring (bicyclic) bond motifs is 1. The van der Waals surface area contributed by atoms with Crippen LogP contribution in [0.15, 0.2) is 40.6 Å². The van der Waals surface area contributed by atoms with Crippen molar-refractivity contribution < 1.29 is 8.42 Å². The van der Waals surface area contributed by atoms with Crippen molar-refractivity contribution >= 4 is 42.9 Å². The van der Waals surface area contributed by atoms with Crippen molar-refractivity contribution in [2.24, 2.45) is 0 Å². The summed E-state index contributed by atoms with van der Waals surface area (Å²) in [6.07, 6.45) is 0.600. The first-order valence-corrected chi connectivity index (χ1v) is 9.57. The smallest absolute Gasteiger partial charge is 0.241 e. The first kappa shape index (κ1) is 14.6. The molecule has 3 aromatic rings. The van der Waals surface area contributed by atoms with E-state index < -0.39 is 10.0 Å². The zero-order valence-electron chi connectivity index (χ0n) is 11.4. The summed E-state index contributed by atoms with van der Waals surface area (Å²) in [7, 11) is -3.39. The molecule has 2 aromatic heterocycles. The van der Waals surface area contributed by atoms with E-state index in [2.05, 4.69) is 9.71 Å². The van der Waals surface area contributed by atoms with E-state index in [0.717, 1.165) is 20.1 Å². The first-order chi connectivity index (χ1) is 10.0. The number of sulfonamides is 1. The monoisotopic (exact) mass is 338 g/mol. The minimum Gasteiger partial charge on any atom is -0.241 e. The highest BCUT2D eigenvalue weighted by Crippen LogP contribution is 2.22. The Morgan fingerprint density at radius 1 is 1.14 bits per heavy atom. The van der Waals surface area contributed by atoms with Crippen molar-refractivity contribution in [3.63, 3.8) is 0 Å². The molecule has 0 unspecified atom stereocenters. The number of benzene rings is 1. The summed E-state index contributed by atoms with van der Waals surface area (Å²) >= 11 is 2.89. The highest BCUT2D eigenvalue weighted by Gasteiger charge is 2.15. The molecule has 0 aliphatic heterocycles. The topological polar surface area (TPSA) is 59.1 Å². The van der Waals surface area contributed by atoms with Crippen LogP contribution in [0.5, 0.6) is 0 Å². The quantitative estimate of drug-likeness (QED) is 0.777. The van der Waals surface area contributed by atoms with E-state index in [-0.39, 0.29) is 0 Å². The Kier molecular flexibility index (Phi) is 4.08. The van der Waals surface area contributed by atoms with Crippen LogP contribution in [0.25, 0.3) is 10.2 Å². The highest BCUT2D eigenvalue weighted by molar-refractivity contribution is 7.91. The Morgan fingerprint density at radius 3 is 2.67 bits per heavy atom. The molecule has 2 heterocycles. The molecule has 0 aliphatic carbocycles. The van der Waals surface area contributed by atoms with Crippen LogP contribution >= 0.6 is 22.7 Å². The van der Waals surface area contributed by atoms with Crippen LogP contribution in [0.3, 0.4) is 0 Å². The van der Waals surface area contributed by atoms with E-state index in [1.165, 1.54) is 11.3 Å². The zero-order valence-corrected chi connectivity index (χ0v) is 13.8. The number of thiazole rings is 1. The number of nitrogens with one attached hydrogen (secondary N) is 1. The van der Waals surface area contributed by atoms with Crippen LogP contribution in [0.2, 0.25) is 0 Å². The molecule has 1 aromatic carbocycles. The molecule has 1 N–H and O–H groups in total. The summed E-state index contributed by atoms with van der Waals surface area (Å²) in [4.78, 5) is 5.48. The number of rotatable bonds is 5. The summed E-state index contributed by atoms with van der Waals surface area (Å²) in [5.41, 5.74) is 0.967. The summed E-state index contributed by atoms with van der Waals surface area (Å²) < 4.78 is 28.3. The Labute approximate surface area is 131 Å². The second kappa shape index (κ2) is 5.84. The van der Waals surface area contributed by atoms with Crippen molar-refractivity contribution in [3.8, 4) is 0 Å². The molecule has 0 fully saturated rings. The number of aromatic nitrogens is 1. The SMILES string of the molecule is Cc1ccc(S(=O)(=O)NCCc2nc3ccccc3s2)s1. The highest BCUT2D eigenvalue weighted by atomic mass is 32.2. The molecular weight excluding hydrogens is 324 g/mol. The lowest BCUT2D eigenvalue weighted by Gasteiger charge is -2.02. The van der Waals surface area contributed by atoms with E-state index in [1.54, 1.807) is 17.4 Å². The number of hydrogen-bond donors (Lipinski definition) is 1. The molecule has 7 heteroatoms. The molecule has 0 atom stereocenters. The van der Waals surface area contributed by atoms with Crippen LogP contribution in [-0.2, 0) is 16.4 Å². The fourth-order valence-electron chi connectivity index (χ4n) is 1.95. The van der Waals surface area contributed by atoms with Crippen molar-refractivity contribution in [2.75, 3.05) is 6.54 Å². The van der Waals surface area contributed by atoms with Gasteiger partial charge in [-0.15, -0.1) is 22.7 Å². The van der Waals surface area contributed by atoms with E-state index in [4.69, 9.17) is 0 Å². The molecule has 0 spiro atoms. The molecular formula is C14H14N2O2S3. The van der Waals surface area contributed by atoms with Gasteiger partial charge in [-0.2, -0.15) is 0 Å². The second-order valence-electron chi connectivity index (χ2n) is 4.59. The Bertz CT molecular complexity index is 832. The summed E-state index contributed by atoms with van der Waals surface area (Å²) in [5, 5.41) is 0.946. The number of nitrogens with zero attached hydrogens (tertiary/aromatic N) is 1. The van der Waals surface area contributed by atoms with Crippen LogP contribution in [0, 0.1) is 6.92 Å². The molecule has 0 bridgehead atoms. The third kappa shape index (κ3) is 3.32. The molecule has 0 amide bonds. The van der Waals surface area contributed by atoms with Gasteiger partial charge in [-0.25, -0.2) is 18.1 Å². The summed E-state index contributed by atoms with van der Waals surface area (Å²) in [6.45, 7) is 2.25. The lowest BCUT2D eigenvalue weighted by molar-refractivity contribution is 0.583. The van der Waals surface area contributed by atoms with Crippen LogP contribution in [-0.4, -0.2) is 19.9 Å². The van der Waals surface area contributed by atoms with Crippen molar-refractivity contribution in [1.29, 1.82) is 0 Å². The zero-order chi connectivity index (χ0) is 14.9. The predicted molar refractivity (Wildman–Crippen MR) is 87.6 cm³/mol. The largest absolute Gasteiger partial charge is 0.250 e. The van der Waals surface area contributed by atoms with Gasteiger partial charge in [0.15, 0.2) is 0 Å². The van der Waals surface area contributed by atoms with Crippen molar-refractivity contribution in [1.82, 2.24) is 9.71 Å². The first-order valence-electron chi connectivity index (χ1n) is 6.45. The lowest BCUT2D eigenvalue weighted by atomic mass is 10.3. The van der Waals surface area contributed by atoms with Gasteiger partial charge in [0.2, 0.25) is 10.0 Å². The molecule has 110 valence electrons. The predicted octanol–water partition coefficient (Wildman–Crippen LogP) is 3.19. The van der Waals surface area contributed by atoms with Gasteiger partial charge in [0, 0.05) is 17.8 Å². The maximum Gasteiger partial charge on any atom is 0.250 e. The van der Waals surface area contributed by atoms with Gasteiger partial charge in [0.1, 0.15) is 4.21 Å². The summed E-state index contributed by atoms with van der Waals surface area (Å²) in [6, 6.07) is 11.4. The third-order valence-electron chi connectivity index (χ3n) is 2.95. The Hall–Kier alpha value is -1.28. The average molecular weight is 338 g/mol. The molecule has 0 aliphatic rings. The van der Waals surface area contributed by atoms with Gasteiger partial charge in [-0.05, 0) is 31.2 Å². The van der Waals surface area contributed by atoms with Crippen LogP contribution in [0.4, 0.5) is 0 Å². The Morgan fingerprint density at radius 2 is 1.95 bits per heavy atom. The average Bonchev–Trinajstić information content (AvgIpc) is 3.04. The van der Waals surface area contributed by atoms with Gasteiger partial charge in [-0.3, -0.25) is 0 Å². The minimum absolute atomic E-state index is 0.360. The van der Waals surface area contributed by atoms with E-state index in [0.29, 0.717) is 17.2 Å². The van der Waals surface area contributed by atoms with Crippen LogP contribution in [0.1, 0.15) is 9.88 Å². The Balaban J connectivity index is 1.65. The number of para-hydroxylation sites is 1. The number of aryl methyl sites for hydroxylation is 1. The fraction of sp³-hybridized carbons (Fsp3) is 0.214. The van der Waals surface area contributed by atoms with Gasteiger partial charge in [0.05, 0.1) is 15.2 Å². The minimum atomic E-state index is -3.39. The van der Waals surface area contributed by atoms with Gasteiger partial charge in [-0.1, -0.05) is 12.1 Å².